The molecule has 4 nitrogen and oxygen atoms in total. The number of methoxy groups -OCH3 is 1. The van der Waals surface area contributed by atoms with Crippen molar-refractivity contribution in [2.45, 2.75) is 32.3 Å². The van der Waals surface area contributed by atoms with Crippen LogP contribution in [0.3, 0.4) is 0 Å². The summed E-state index contributed by atoms with van der Waals surface area (Å²) in [5, 5.41) is 0. The maximum absolute atomic E-state index is 5.86. The summed E-state index contributed by atoms with van der Waals surface area (Å²) in [6.07, 6.45) is 3.22. The van der Waals surface area contributed by atoms with E-state index >= 15 is 0 Å². The monoisotopic (exact) mass is 285 g/mol. The van der Waals surface area contributed by atoms with Crippen LogP contribution in [0.1, 0.15) is 37.4 Å². The number of anilines is 1. The molecule has 88 valence electrons. The largest absolute Gasteiger partial charge is 0.383 e. The molecule has 0 spiro atoms. The fourth-order valence-corrected chi connectivity index (χ4v) is 2.26. The molecule has 1 heterocycles. The smallest absolute Gasteiger partial charge is 0.160 e. The van der Waals surface area contributed by atoms with Gasteiger partial charge >= 0.3 is 0 Å². The second-order valence-corrected chi connectivity index (χ2v) is 4.87. The Hall–Kier alpha value is -0.680. The van der Waals surface area contributed by atoms with Gasteiger partial charge < -0.3 is 10.5 Å². The molecule has 16 heavy (non-hydrogen) atoms. The lowest BCUT2D eigenvalue weighted by Crippen LogP contribution is -2.12. The van der Waals surface area contributed by atoms with Gasteiger partial charge in [-0.3, -0.25) is 0 Å². The Morgan fingerprint density at radius 1 is 1.50 bits per heavy atom. The maximum atomic E-state index is 5.86. The number of hydrogen-bond donors (Lipinski definition) is 1. The third-order valence-electron chi connectivity index (χ3n) is 2.86. The van der Waals surface area contributed by atoms with E-state index in [1.165, 1.54) is 12.8 Å². The third kappa shape index (κ3) is 2.20. The highest BCUT2D eigenvalue weighted by atomic mass is 79.9. The number of nitrogen functional groups attached to an aromatic ring is 1. The summed E-state index contributed by atoms with van der Waals surface area (Å²) < 4.78 is 6.27. The van der Waals surface area contributed by atoms with Crippen LogP contribution >= 0.6 is 15.9 Å². The van der Waals surface area contributed by atoms with Crippen LogP contribution in [0.5, 0.6) is 0 Å². The van der Waals surface area contributed by atoms with E-state index in [0.717, 1.165) is 22.4 Å². The summed E-state index contributed by atoms with van der Waals surface area (Å²) >= 11 is 3.41. The van der Waals surface area contributed by atoms with Crippen molar-refractivity contribution in [3.8, 4) is 0 Å². The number of aryl methyl sites for hydroxylation is 1. The summed E-state index contributed by atoms with van der Waals surface area (Å²) in [4.78, 5) is 8.83. The lowest BCUT2D eigenvalue weighted by molar-refractivity contribution is 0.0771. The SMILES string of the molecule is CCc1nc(C(OC)C2CC2)nc(N)c1Br. The Kier molecular flexibility index (Phi) is 3.44. The molecule has 0 saturated heterocycles. The van der Waals surface area contributed by atoms with Gasteiger partial charge in [0.2, 0.25) is 0 Å². The van der Waals surface area contributed by atoms with Crippen LogP contribution in [0.15, 0.2) is 4.47 Å². The molecule has 5 heteroatoms. The lowest BCUT2D eigenvalue weighted by atomic mass is 10.2. The normalized spacial score (nSPS) is 17.4. The highest BCUT2D eigenvalue weighted by molar-refractivity contribution is 9.10. The van der Waals surface area contributed by atoms with Crippen LogP contribution < -0.4 is 5.73 Å². The third-order valence-corrected chi connectivity index (χ3v) is 3.72. The molecule has 0 aromatic carbocycles. The highest BCUT2D eigenvalue weighted by Gasteiger charge is 2.34. The van der Waals surface area contributed by atoms with Gasteiger partial charge in [-0.1, -0.05) is 6.92 Å². The van der Waals surface area contributed by atoms with E-state index in [2.05, 4.69) is 32.8 Å². The quantitative estimate of drug-likeness (QED) is 0.923. The zero-order valence-electron chi connectivity index (χ0n) is 9.53. The summed E-state index contributed by atoms with van der Waals surface area (Å²) in [5.74, 6) is 1.79. The van der Waals surface area contributed by atoms with Gasteiger partial charge in [-0.2, -0.15) is 0 Å². The zero-order valence-corrected chi connectivity index (χ0v) is 11.1. The van der Waals surface area contributed by atoms with Crippen LogP contribution in [-0.4, -0.2) is 17.1 Å². The summed E-state index contributed by atoms with van der Waals surface area (Å²) in [6, 6.07) is 0. The van der Waals surface area contributed by atoms with Gasteiger partial charge in [0.05, 0.1) is 10.2 Å². The molecule has 0 bridgehead atoms. The van der Waals surface area contributed by atoms with Gasteiger partial charge in [0.15, 0.2) is 5.82 Å². The van der Waals surface area contributed by atoms with Crippen molar-refractivity contribution in [1.82, 2.24) is 9.97 Å². The first-order valence-electron chi connectivity index (χ1n) is 5.52. The summed E-state index contributed by atoms with van der Waals surface area (Å²) in [6.45, 7) is 2.05. The molecular weight excluding hydrogens is 270 g/mol. The summed E-state index contributed by atoms with van der Waals surface area (Å²) in [5.41, 5.74) is 6.81. The van der Waals surface area contributed by atoms with E-state index in [1.807, 2.05) is 0 Å². The number of halogens is 1. The van der Waals surface area contributed by atoms with E-state index in [0.29, 0.717) is 11.7 Å². The molecule has 0 amide bonds. The Morgan fingerprint density at radius 3 is 2.69 bits per heavy atom. The van der Waals surface area contributed by atoms with E-state index in [1.54, 1.807) is 7.11 Å². The van der Waals surface area contributed by atoms with Gasteiger partial charge in [-0.15, -0.1) is 0 Å². The lowest BCUT2D eigenvalue weighted by Gasteiger charge is -2.15. The molecule has 1 fully saturated rings. The van der Waals surface area contributed by atoms with Crippen LogP contribution in [0.25, 0.3) is 0 Å². The molecule has 2 N–H and O–H groups in total. The zero-order chi connectivity index (χ0) is 11.7. The highest BCUT2D eigenvalue weighted by Crippen LogP contribution is 2.42. The minimum Gasteiger partial charge on any atom is -0.383 e. The first-order valence-corrected chi connectivity index (χ1v) is 6.31. The average molecular weight is 286 g/mol. The van der Waals surface area contributed by atoms with Crippen molar-refractivity contribution in [3.05, 3.63) is 16.0 Å². The number of aromatic nitrogens is 2. The molecule has 1 saturated carbocycles. The van der Waals surface area contributed by atoms with Crippen LogP contribution in [-0.2, 0) is 11.2 Å². The van der Waals surface area contributed by atoms with Crippen molar-refractivity contribution in [3.63, 3.8) is 0 Å². The molecule has 1 aliphatic carbocycles. The van der Waals surface area contributed by atoms with Crippen molar-refractivity contribution in [2.24, 2.45) is 5.92 Å². The second kappa shape index (κ2) is 4.67. The van der Waals surface area contributed by atoms with E-state index in [9.17, 15) is 0 Å². The molecule has 1 aliphatic rings. The molecule has 1 aromatic heterocycles. The van der Waals surface area contributed by atoms with Crippen molar-refractivity contribution in [2.75, 3.05) is 12.8 Å². The fourth-order valence-electron chi connectivity index (χ4n) is 1.80. The van der Waals surface area contributed by atoms with Gasteiger partial charge in [-0.05, 0) is 41.1 Å². The maximum Gasteiger partial charge on any atom is 0.160 e. The first-order chi connectivity index (χ1) is 7.67. The van der Waals surface area contributed by atoms with Crippen molar-refractivity contribution < 1.29 is 4.74 Å². The number of hydrogen-bond acceptors (Lipinski definition) is 4. The molecule has 0 aliphatic heterocycles. The van der Waals surface area contributed by atoms with Gasteiger partial charge in [0.25, 0.3) is 0 Å². The van der Waals surface area contributed by atoms with Crippen molar-refractivity contribution >= 4 is 21.7 Å². The van der Waals surface area contributed by atoms with Crippen LogP contribution in [0.4, 0.5) is 5.82 Å². The number of nitrogens with zero attached hydrogens (tertiary/aromatic N) is 2. The van der Waals surface area contributed by atoms with E-state index in [4.69, 9.17) is 10.5 Å². The van der Waals surface area contributed by atoms with Gasteiger partial charge in [-0.25, -0.2) is 9.97 Å². The van der Waals surface area contributed by atoms with E-state index in [-0.39, 0.29) is 6.10 Å². The fraction of sp³-hybridized carbons (Fsp3) is 0.636. The summed E-state index contributed by atoms with van der Waals surface area (Å²) in [7, 11) is 1.70. The Labute approximate surface area is 104 Å². The number of ether oxygens (including phenoxy) is 1. The van der Waals surface area contributed by atoms with Gasteiger partial charge in [0, 0.05) is 7.11 Å². The Bertz CT molecular complexity index is 393. The van der Waals surface area contributed by atoms with Crippen LogP contribution in [0, 0.1) is 5.92 Å². The predicted molar refractivity (Wildman–Crippen MR) is 66.0 cm³/mol. The molecule has 1 unspecified atom stereocenters. The second-order valence-electron chi connectivity index (χ2n) is 4.08. The molecule has 0 radical (unpaired) electrons. The molecular formula is C11H16BrN3O. The topological polar surface area (TPSA) is 61.0 Å². The number of rotatable bonds is 4. The Morgan fingerprint density at radius 2 is 2.19 bits per heavy atom. The minimum absolute atomic E-state index is 0.000648. The van der Waals surface area contributed by atoms with Crippen LogP contribution in [0.2, 0.25) is 0 Å². The molecule has 2 rings (SSSR count). The predicted octanol–water partition coefficient (Wildman–Crippen LogP) is 2.48. The first kappa shape index (κ1) is 11.8. The van der Waals surface area contributed by atoms with Crippen molar-refractivity contribution in [1.29, 1.82) is 0 Å². The average Bonchev–Trinajstić information content (AvgIpc) is 3.08. The van der Waals surface area contributed by atoms with E-state index < -0.39 is 0 Å². The van der Waals surface area contributed by atoms with Gasteiger partial charge in [0.1, 0.15) is 11.9 Å². The molecule has 1 aromatic rings. The Balaban J connectivity index is 2.36. The molecule has 1 atom stereocenters. The minimum atomic E-state index is 0.000648. The standard InChI is InChI=1S/C11H16BrN3O/c1-3-7-8(12)10(13)15-11(14-7)9(16-2)6-4-5-6/h6,9H,3-5H2,1-2H3,(H2,13,14,15). The number of nitrogens with two attached hydrogens (primary N) is 1.